The number of benzene rings is 2. The number of halogens is 2. The van der Waals surface area contributed by atoms with E-state index in [9.17, 15) is 23.5 Å². The maximum Gasteiger partial charge on any atom is 0.278 e. The Morgan fingerprint density at radius 2 is 1.79 bits per heavy atom. The average Bonchev–Trinajstić information content (AvgIpc) is 2.81. The highest BCUT2D eigenvalue weighted by Gasteiger charge is 2.31. The van der Waals surface area contributed by atoms with Gasteiger partial charge in [-0.1, -0.05) is 42.5 Å². The molecule has 4 rings (SSSR count). The van der Waals surface area contributed by atoms with Gasteiger partial charge in [-0.3, -0.25) is 19.3 Å². The van der Waals surface area contributed by atoms with Gasteiger partial charge in [0, 0.05) is 18.8 Å². The van der Waals surface area contributed by atoms with Crippen molar-refractivity contribution < 1.29 is 23.4 Å². The van der Waals surface area contributed by atoms with Gasteiger partial charge in [0.25, 0.3) is 5.91 Å². The maximum atomic E-state index is 13.7. The summed E-state index contributed by atoms with van der Waals surface area (Å²) in [5.74, 6) is -3.38. The molecule has 0 saturated carbocycles. The molecule has 170 valence electrons. The molecule has 0 saturated heterocycles. The first kappa shape index (κ1) is 22.1. The summed E-state index contributed by atoms with van der Waals surface area (Å²) in [5.41, 5.74) is 0.227. The van der Waals surface area contributed by atoms with Crippen molar-refractivity contribution in [1.29, 1.82) is 0 Å². The minimum Gasteiger partial charge on any atom is -0.502 e. The van der Waals surface area contributed by atoms with Crippen molar-refractivity contribution in [3.05, 3.63) is 106 Å². The zero-order valence-corrected chi connectivity index (χ0v) is 17.5. The Labute approximate surface area is 188 Å². The molecule has 3 aromatic rings. The SMILES string of the molecule is O=C1c2c(O)c(=O)ccn2N(Cc2ccccc2)CN1C/C=C/COc1cccc(F)c1F. The molecule has 0 spiro atoms. The molecular formula is C24H21F2N3O4. The normalized spacial score (nSPS) is 13.5. The number of nitrogens with zero attached hydrogens (tertiary/aromatic N) is 3. The van der Waals surface area contributed by atoms with Gasteiger partial charge in [0.1, 0.15) is 13.3 Å². The molecule has 2 aromatic carbocycles. The highest BCUT2D eigenvalue weighted by atomic mass is 19.2. The Hall–Kier alpha value is -4.14. The summed E-state index contributed by atoms with van der Waals surface area (Å²) >= 11 is 0. The van der Waals surface area contributed by atoms with Crippen LogP contribution in [-0.4, -0.2) is 40.4 Å². The Morgan fingerprint density at radius 1 is 1.00 bits per heavy atom. The second-order valence-electron chi connectivity index (χ2n) is 7.38. The lowest BCUT2D eigenvalue weighted by Gasteiger charge is -2.39. The van der Waals surface area contributed by atoms with Gasteiger partial charge in [0.05, 0.1) is 6.54 Å². The number of aromatic hydroxyl groups is 1. The molecular weight excluding hydrogens is 432 g/mol. The van der Waals surface area contributed by atoms with E-state index < -0.39 is 28.7 Å². The van der Waals surface area contributed by atoms with E-state index in [1.807, 2.05) is 35.3 Å². The zero-order chi connectivity index (χ0) is 23.4. The number of aromatic nitrogens is 1. The number of carbonyl (C=O) groups excluding carboxylic acids is 1. The largest absolute Gasteiger partial charge is 0.502 e. The van der Waals surface area contributed by atoms with E-state index in [0.717, 1.165) is 11.6 Å². The number of pyridine rings is 1. The summed E-state index contributed by atoms with van der Waals surface area (Å²) in [4.78, 5) is 26.4. The molecule has 33 heavy (non-hydrogen) atoms. The molecule has 1 aliphatic heterocycles. The van der Waals surface area contributed by atoms with Crippen LogP contribution in [0.4, 0.5) is 8.78 Å². The molecule has 1 amide bonds. The van der Waals surface area contributed by atoms with Crippen LogP contribution in [0, 0.1) is 11.6 Å². The van der Waals surface area contributed by atoms with Crippen molar-refractivity contribution in [2.24, 2.45) is 0 Å². The molecule has 1 N–H and O–H groups in total. The van der Waals surface area contributed by atoms with Crippen molar-refractivity contribution in [2.75, 3.05) is 24.8 Å². The standard InChI is InChI=1S/C24H21F2N3O4/c25-18-9-6-10-20(21(18)26)33-14-5-4-12-27-16-28(15-17-7-2-1-3-8-17)29-13-11-19(30)23(31)22(29)24(27)32/h1-11,13,31H,12,14-16H2/b5-4+. The smallest absolute Gasteiger partial charge is 0.278 e. The summed E-state index contributed by atoms with van der Waals surface area (Å²) in [5, 5.41) is 12.1. The van der Waals surface area contributed by atoms with Crippen molar-refractivity contribution >= 4 is 5.91 Å². The Balaban J connectivity index is 1.49. The quantitative estimate of drug-likeness (QED) is 0.557. The van der Waals surface area contributed by atoms with Crippen LogP contribution in [0.1, 0.15) is 16.1 Å². The predicted octanol–water partition coefficient (Wildman–Crippen LogP) is 3.02. The second-order valence-corrected chi connectivity index (χ2v) is 7.38. The molecule has 7 nitrogen and oxygen atoms in total. The lowest BCUT2D eigenvalue weighted by Crippen LogP contribution is -2.53. The summed E-state index contributed by atoms with van der Waals surface area (Å²) in [7, 11) is 0. The molecule has 9 heteroatoms. The van der Waals surface area contributed by atoms with E-state index in [0.29, 0.717) is 6.54 Å². The van der Waals surface area contributed by atoms with Crippen molar-refractivity contribution in [3.8, 4) is 11.5 Å². The highest BCUT2D eigenvalue weighted by molar-refractivity contribution is 5.96. The fraction of sp³-hybridized carbons (Fsp3) is 0.167. The van der Waals surface area contributed by atoms with Crippen LogP contribution in [-0.2, 0) is 6.54 Å². The van der Waals surface area contributed by atoms with Gasteiger partial charge in [-0.05, 0) is 23.8 Å². The topological polar surface area (TPSA) is 75.0 Å². The number of fused-ring (bicyclic) bond motifs is 1. The van der Waals surface area contributed by atoms with E-state index in [-0.39, 0.29) is 31.3 Å². The van der Waals surface area contributed by atoms with Gasteiger partial charge in [0.2, 0.25) is 11.2 Å². The number of amides is 1. The van der Waals surface area contributed by atoms with Crippen LogP contribution >= 0.6 is 0 Å². The molecule has 1 aliphatic rings. The molecule has 0 aliphatic carbocycles. The van der Waals surface area contributed by atoms with Crippen molar-refractivity contribution in [2.45, 2.75) is 6.54 Å². The summed E-state index contributed by atoms with van der Waals surface area (Å²) < 4.78 is 33.6. The van der Waals surface area contributed by atoms with Crippen LogP contribution in [0.2, 0.25) is 0 Å². The second kappa shape index (κ2) is 9.56. The third-order valence-electron chi connectivity index (χ3n) is 5.13. The van der Waals surface area contributed by atoms with Gasteiger partial charge in [-0.2, -0.15) is 4.39 Å². The first-order chi connectivity index (χ1) is 16.0. The third kappa shape index (κ3) is 4.72. The van der Waals surface area contributed by atoms with Crippen LogP contribution in [0.5, 0.6) is 11.5 Å². The molecule has 0 unspecified atom stereocenters. The van der Waals surface area contributed by atoms with E-state index in [2.05, 4.69) is 0 Å². The van der Waals surface area contributed by atoms with Crippen LogP contribution in [0.3, 0.4) is 0 Å². The van der Waals surface area contributed by atoms with E-state index >= 15 is 0 Å². The van der Waals surface area contributed by atoms with Crippen molar-refractivity contribution in [3.63, 3.8) is 0 Å². The maximum absolute atomic E-state index is 13.7. The highest BCUT2D eigenvalue weighted by Crippen LogP contribution is 2.21. The van der Waals surface area contributed by atoms with Crippen LogP contribution in [0.15, 0.2) is 77.7 Å². The van der Waals surface area contributed by atoms with Gasteiger partial charge in [0.15, 0.2) is 23.0 Å². The van der Waals surface area contributed by atoms with E-state index in [1.165, 1.54) is 34.0 Å². The van der Waals surface area contributed by atoms with Gasteiger partial charge in [-0.25, -0.2) is 4.39 Å². The average molecular weight is 453 g/mol. The number of carbonyl (C=O) groups is 1. The van der Waals surface area contributed by atoms with E-state index in [1.54, 1.807) is 12.2 Å². The predicted molar refractivity (Wildman–Crippen MR) is 118 cm³/mol. The lowest BCUT2D eigenvalue weighted by atomic mass is 10.2. The summed E-state index contributed by atoms with van der Waals surface area (Å²) in [6.45, 7) is 0.761. The number of hydrogen-bond donors (Lipinski definition) is 1. The van der Waals surface area contributed by atoms with Crippen LogP contribution in [0.25, 0.3) is 0 Å². The molecule has 0 bridgehead atoms. The van der Waals surface area contributed by atoms with Gasteiger partial charge < -0.3 is 14.7 Å². The first-order valence-corrected chi connectivity index (χ1v) is 10.2. The van der Waals surface area contributed by atoms with Crippen LogP contribution < -0.4 is 15.2 Å². The molecule has 0 fully saturated rings. The van der Waals surface area contributed by atoms with E-state index in [4.69, 9.17) is 4.74 Å². The fourth-order valence-corrected chi connectivity index (χ4v) is 3.50. The molecule has 0 atom stereocenters. The van der Waals surface area contributed by atoms with Gasteiger partial charge in [-0.15, -0.1) is 0 Å². The summed E-state index contributed by atoms with van der Waals surface area (Å²) in [6, 6.07) is 14.4. The molecule has 0 radical (unpaired) electrons. The Bertz CT molecular complexity index is 1240. The Morgan fingerprint density at radius 3 is 2.58 bits per heavy atom. The first-order valence-electron chi connectivity index (χ1n) is 10.2. The number of rotatable bonds is 7. The van der Waals surface area contributed by atoms with Crippen molar-refractivity contribution in [1.82, 2.24) is 9.58 Å². The minimum atomic E-state index is -1.06. The molecule has 2 heterocycles. The monoisotopic (exact) mass is 453 g/mol. The minimum absolute atomic E-state index is 0.0303. The number of ether oxygens (including phenoxy) is 1. The molecule has 1 aromatic heterocycles. The zero-order valence-electron chi connectivity index (χ0n) is 17.5. The third-order valence-corrected chi connectivity index (χ3v) is 5.13. The Kier molecular flexibility index (Phi) is 6.39. The number of hydrogen-bond acceptors (Lipinski definition) is 5. The lowest BCUT2D eigenvalue weighted by molar-refractivity contribution is 0.0706. The fourth-order valence-electron chi connectivity index (χ4n) is 3.50. The van der Waals surface area contributed by atoms with Gasteiger partial charge >= 0.3 is 0 Å². The summed E-state index contributed by atoms with van der Waals surface area (Å²) in [6.07, 6.45) is 4.68.